The molecule has 0 fully saturated rings. The van der Waals surface area contributed by atoms with Crippen LogP contribution in [0.25, 0.3) is 132 Å². The van der Waals surface area contributed by atoms with Crippen LogP contribution in [0.2, 0.25) is 0 Å². The smallest absolute Gasteiger partial charge is 0.236 e. The zero-order valence-corrected chi connectivity index (χ0v) is 31.9. The summed E-state index contributed by atoms with van der Waals surface area (Å²) in [5.74, 6) is 0.561. The van der Waals surface area contributed by atoms with E-state index < -0.39 is 0 Å². The number of hydrogen-bond donors (Lipinski definition) is 0. The van der Waals surface area contributed by atoms with Gasteiger partial charge in [0.15, 0.2) is 5.58 Å². The largest absolute Gasteiger partial charge is 0.456 e. The normalized spacial score (nSPS) is 12.3. The first-order chi connectivity index (χ1) is 29.8. The third-order valence-corrected chi connectivity index (χ3v) is 12.5. The molecule has 278 valence electrons. The van der Waals surface area contributed by atoms with Crippen molar-refractivity contribution in [2.24, 2.45) is 0 Å². The molecule has 6 heteroatoms. The molecule has 9 aromatic carbocycles. The average molecular weight is 767 g/mol. The Labute approximate surface area is 340 Å². The van der Waals surface area contributed by atoms with Crippen LogP contribution in [-0.4, -0.2) is 19.1 Å². The second-order valence-corrected chi connectivity index (χ2v) is 15.6. The highest BCUT2D eigenvalue weighted by Crippen LogP contribution is 2.49. The Balaban J connectivity index is 1.24. The van der Waals surface area contributed by atoms with E-state index in [0.29, 0.717) is 17.2 Å². The lowest BCUT2D eigenvalue weighted by Gasteiger charge is -2.14. The number of benzene rings is 9. The van der Waals surface area contributed by atoms with Gasteiger partial charge in [-0.2, -0.15) is 0 Å². The van der Waals surface area contributed by atoms with Gasteiger partial charge in [0.1, 0.15) is 28.0 Å². The molecule has 0 amide bonds. The van der Waals surface area contributed by atoms with Gasteiger partial charge in [-0.15, -0.1) is 0 Å². The molecule has 0 aliphatic heterocycles. The Morgan fingerprint density at radius 3 is 1.83 bits per heavy atom. The van der Waals surface area contributed by atoms with Crippen molar-refractivity contribution in [1.82, 2.24) is 19.1 Å². The Morgan fingerprint density at radius 1 is 0.367 bits per heavy atom. The molecular weight excluding hydrogens is 737 g/mol. The van der Waals surface area contributed by atoms with Crippen LogP contribution in [0.1, 0.15) is 0 Å². The van der Waals surface area contributed by atoms with E-state index in [1.807, 2.05) is 42.5 Å². The monoisotopic (exact) mass is 766 g/mol. The Morgan fingerprint density at radius 2 is 1.00 bits per heavy atom. The molecule has 60 heavy (non-hydrogen) atoms. The molecule has 0 unspecified atom stereocenters. The van der Waals surface area contributed by atoms with Crippen molar-refractivity contribution in [3.05, 3.63) is 182 Å². The van der Waals surface area contributed by atoms with Crippen molar-refractivity contribution in [1.29, 1.82) is 0 Å². The molecule has 0 atom stereocenters. The number of furan rings is 2. The van der Waals surface area contributed by atoms with Crippen molar-refractivity contribution in [3.8, 4) is 22.9 Å². The molecule has 0 saturated heterocycles. The number of hydrogen-bond acceptors (Lipinski definition) is 4. The number of fused-ring (bicyclic) bond motifs is 18. The molecule has 14 rings (SSSR count). The minimum absolute atomic E-state index is 0.561. The molecule has 5 heterocycles. The summed E-state index contributed by atoms with van der Waals surface area (Å²) in [7, 11) is 0. The van der Waals surface area contributed by atoms with E-state index in [9.17, 15) is 0 Å². The highest BCUT2D eigenvalue weighted by molar-refractivity contribution is 6.39. The maximum Gasteiger partial charge on any atom is 0.236 e. The molecule has 0 N–H and O–H groups in total. The maximum absolute atomic E-state index is 6.74. The van der Waals surface area contributed by atoms with Gasteiger partial charge in [0, 0.05) is 49.0 Å². The van der Waals surface area contributed by atoms with Crippen LogP contribution >= 0.6 is 0 Å². The minimum Gasteiger partial charge on any atom is -0.456 e. The van der Waals surface area contributed by atoms with Crippen LogP contribution in [0.5, 0.6) is 0 Å². The second kappa shape index (κ2) is 11.7. The SMILES string of the molecule is c1ccc(-n2c3ccc4ccccc4c3c3c4ccccc4c4c5ccccc5n(-c5nc(-c6cccc7oc8ccccc8c67)c6oc7ccccc7c6n5)c4c32)cc1. The molecular formula is C54H30N4O2. The van der Waals surface area contributed by atoms with Crippen LogP contribution in [0, 0.1) is 0 Å². The molecule has 0 bridgehead atoms. The van der Waals surface area contributed by atoms with Crippen molar-refractivity contribution in [2.45, 2.75) is 0 Å². The number of aromatic nitrogens is 4. The first-order valence-electron chi connectivity index (χ1n) is 20.3. The van der Waals surface area contributed by atoms with Gasteiger partial charge in [-0.1, -0.05) is 133 Å². The Bertz CT molecular complexity index is 4130. The summed E-state index contributed by atoms with van der Waals surface area (Å²) in [6.07, 6.45) is 0. The Kier molecular flexibility index (Phi) is 6.20. The standard InChI is InChI=1S/C54H30N4O2/c1-2-16-32(17-3-1)57-41-30-29-31-15-4-5-18-33(31)47(41)48-35-20-7-6-19-34(35)46-36-21-8-11-25-40(36)58(51(46)52(48)57)54-55-49-38-23-10-13-27-43(38)60-53(49)50(56-54)39-24-14-28-44-45(39)37-22-9-12-26-42(37)59-44/h1-30H. The van der Waals surface area contributed by atoms with Gasteiger partial charge in [0.05, 0.1) is 22.1 Å². The van der Waals surface area contributed by atoms with Gasteiger partial charge < -0.3 is 13.4 Å². The fraction of sp³-hybridized carbons (Fsp3) is 0. The molecule has 14 aromatic rings. The van der Waals surface area contributed by atoms with E-state index in [2.05, 4.69) is 149 Å². The summed E-state index contributed by atoms with van der Waals surface area (Å²) < 4.78 is 17.9. The van der Waals surface area contributed by atoms with Crippen molar-refractivity contribution in [2.75, 3.05) is 0 Å². The second-order valence-electron chi connectivity index (χ2n) is 15.6. The third kappa shape index (κ3) is 4.11. The van der Waals surface area contributed by atoms with Gasteiger partial charge in [0.25, 0.3) is 0 Å². The fourth-order valence-corrected chi connectivity index (χ4v) is 10.1. The number of nitrogens with zero attached hydrogens (tertiary/aromatic N) is 4. The van der Waals surface area contributed by atoms with E-state index in [1.54, 1.807) is 0 Å². The van der Waals surface area contributed by atoms with Crippen LogP contribution in [0.15, 0.2) is 191 Å². The minimum atomic E-state index is 0.561. The molecule has 6 nitrogen and oxygen atoms in total. The highest BCUT2D eigenvalue weighted by atomic mass is 16.3. The van der Waals surface area contributed by atoms with Crippen LogP contribution in [-0.2, 0) is 0 Å². The predicted octanol–water partition coefficient (Wildman–Crippen LogP) is 14.4. The van der Waals surface area contributed by atoms with Crippen molar-refractivity contribution < 1.29 is 8.83 Å². The zero-order chi connectivity index (χ0) is 39.1. The first kappa shape index (κ1) is 31.8. The summed E-state index contributed by atoms with van der Waals surface area (Å²) in [5, 5.41) is 12.5. The van der Waals surface area contributed by atoms with Gasteiger partial charge >= 0.3 is 0 Å². The zero-order valence-electron chi connectivity index (χ0n) is 31.9. The summed E-state index contributed by atoms with van der Waals surface area (Å²) >= 11 is 0. The lowest BCUT2D eigenvalue weighted by atomic mass is 9.96. The van der Waals surface area contributed by atoms with Crippen molar-refractivity contribution >= 4 is 109 Å². The van der Waals surface area contributed by atoms with E-state index in [-0.39, 0.29) is 0 Å². The highest BCUT2D eigenvalue weighted by Gasteiger charge is 2.28. The summed E-state index contributed by atoms with van der Waals surface area (Å²) in [6.45, 7) is 0. The van der Waals surface area contributed by atoms with Crippen LogP contribution in [0.4, 0.5) is 0 Å². The van der Waals surface area contributed by atoms with Crippen LogP contribution in [0.3, 0.4) is 0 Å². The van der Waals surface area contributed by atoms with E-state index in [4.69, 9.17) is 18.8 Å². The van der Waals surface area contributed by atoms with Gasteiger partial charge in [-0.3, -0.25) is 4.57 Å². The van der Waals surface area contributed by atoms with Crippen LogP contribution < -0.4 is 0 Å². The van der Waals surface area contributed by atoms with Gasteiger partial charge in [-0.25, -0.2) is 9.97 Å². The lowest BCUT2D eigenvalue weighted by Crippen LogP contribution is -2.04. The summed E-state index contributed by atoms with van der Waals surface area (Å²) in [5.41, 5.74) is 10.8. The molecule has 5 aromatic heterocycles. The molecule has 0 spiro atoms. The fourth-order valence-electron chi connectivity index (χ4n) is 10.1. The molecule has 0 saturated carbocycles. The van der Waals surface area contributed by atoms with E-state index in [1.165, 1.54) is 32.3 Å². The average Bonchev–Trinajstić information content (AvgIpc) is 4.07. The van der Waals surface area contributed by atoms with E-state index >= 15 is 0 Å². The van der Waals surface area contributed by atoms with E-state index in [0.717, 1.165) is 82.5 Å². The number of para-hydroxylation sites is 4. The quantitative estimate of drug-likeness (QED) is 0.180. The van der Waals surface area contributed by atoms with Gasteiger partial charge in [0.2, 0.25) is 5.95 Å². The summed E-state index contributed by atoms with van der Waals surface area (Å²) in [4.78, 5) is 11.2. The van der Waals surface area contributed by atoms with Gasteiger partial charge in [-0.05, 0) is 70.1 Å². The summed E-state index contributed by atoms with van der Waals surface area (Å²) in [6, 6.07) is 64.1. The molecule has 0 radical (unpaired) electrons. The third-order valence-electron chi connectivity index (χ3n) is 12.5. The molecule has 0 aliphatic rings. The maximum atomic E-state index is 6.74. The molecule has 0 aliphatic carbocycles. The Hall–Kier alpha value is -8.22. The number of rotatable bonds is 3. The first-order valence-corrected chi connectivity index (χ1v) is 20.3. The topological polar surface area (TPSA) is 61.9 Å². The predicted molar refractivity (Wildman–Crippen MR) is 246 cm³/mol. The lowest BCUT2D eigenvalue weighted by molar-refractivity contribution is 0.666. The van der Waals surface area contributed by atoms with Crippen molar-refractivity contribution in [3.63, 3.8) is 0 Å².